The molecule has 0 aliphatic rings. The zero-order valence-corrected chi connectivity index (χ0v) is 16.3. The number of benzene rings is 2. The Kier molecular flexibility index (Phi) is 7.88. The summed E-state index contributed by atoms with van der Waals surface area (Å²) in [6, 6.07) is 12.6. The molecular formula is C19H22Cl2N2O3. The van der Waals surface area contributed by atoms with Crippen LogP contribution in [-0.4, -0.2) is 45.0 Å². The van der Waals surface area contributed by atoms with Crippen LogP contribution in [0.2, 0.25) is 0 Å². The molecule has 7 heteroatoms. The number of nitrogens with zero attached hydrogens (tertiary/aromatic N) is 1. The summed E-state index contributed by atoms with van der Waals surface area (Å²) in [5.74, 6) is 1.91. The molecule has 140 valence electrons. The minimum absolute atomic E-state index is 0.241. The van der Waals surface area contributed by atoms with E-state index in [9.17, 15) is 4.79 Å². The van der Waals surface area contributed by atoms with Gasteiger partial charge in [-0.1, -0.05) is 6.07 Å². The van der Waals surface area contributed by atoms with Crippen LogP contribution in [0.4, 0.5) is 11.4 Å². The summed E-state index contributed by atoms with van der Waals surface area (Å²) in [5, 5.41) is 2.87. The maximum atomic E-state index is 12.7. The number of amides is 1. The van der Waals surface area contributed by atoms with E-state index in [4.69, 9.17) is 32.7 Å². The molecule has 0 aromatic heterocycles. The molecule has 0 radical (unpaired) electrons. The Labute approximate surface area is 163 Å². The summed E-state index contributed by atoms with van der Waals surface area (Å²) < 4.78 is 10.5. The highest BCUT2D eigenvalue weighted by Crippen LogP contribution is 2.29. The molecule has 2 aromatic carbocycles. The second-order valence-corrected chi connectivity index (χ2v) is 6.19. The summed E-state index contributed by atoms with van der Waals surface area (Å²) >= 11 is 11.7. The molecule has 0 spiro atoms. The summed E-state index contributed by atoms with van der Waals surface area (Å²) in [6.45, 7) is 1.31. The molecule has 0 aliphatic carbocycles. The highest BCUT2D eigenvalue weighted by atomic mass is 35.5. The highest BCUT2D eigenvalue weighted by Gasteiger charge is 2.13. The number of halogens is 2. The van der Waals surface area contributed by atoms with Crippen molar-refractivity contribution in [1.29, 1.82) is 0 Å². The van der Waals surface area contributed by atoms with Crippen LogP contribution in [0, 0.1) is 0 Å². The van der Waals surface area contributed by atoms with Crippen molar-refractivity contribution in [2.24, 2.45) is 0 Å². The molecule has 1 amide bonds. The lowest BCUT2D eigenvalue weighted by atomic mass is 10.1. The van der Waals surface area contributed by atoms with E-state index >= 15 is 0 Å². The molecule has 0 heterocycles. The van der Waals surface area contributed by atoms with Gasteiger partial charge in [0.05, 0.1) is 19.9 Å². The molecule has 0 unspecified atom stereocenters. The van der Waals surface area contributed by atoms with Gasteiger partial charge in [-0.2, -0.15) is 0 Å². The van der Waals surface area contributed by atoms with Gasteiger partial charge in [0.15, 0.2) is 0 Å². The number of carbonyl (C=O) groups is 1. The first-order chi connectivity index (χ1) is 12.6. The number of hydrogen-bond acceptors (Lipinski definition) is 4. The third-order valence-electron chi connectivity index (χ3n) is 3.84. The van der Waals surface area contributed by atoms with Crippen LogP contribution in [0.25, 0.3) is 0 Å². The average molecular weight is 397 g/mol. The molecule has 2 rings (SSSR count). The van der Waals surface area contributed by atoms with Gasteiger partial charge >= 0.3 is 0 Å². The molecule has 0 aliphatic heterocycles. The third-order valence-corrected chi connectivity index (χ3v) is 4.18. The van der Waals surface area contributed by atoms with Crippen molar-refractivity contribution in [2.75, 3.05) is 49.3 Å². The maximum absolute atomic E-state index is 12.7. The summed E-state index contributed by atoms with van der Waals surface area (Å²) in [7, 11) is 3.12. The second-order valence-electron chi connectivity index (χ2n) is 5.44. The third kappa shape index (κ3) is 5.19. The van der Waals surface area contributed by atoms with E-state index in [1.807, 2.05) is 23.1 Å². The quantitative estimate of drug-likeness (QED) is 0.643. The fraction of sp³-hybridized carbons (Fsp3) is 0.316. The van der Waals surface area contributed by atoms with Crippen molar-refractivity contribution in [3.63, 3.8) is 0 Å². The first kappa shape index (κ1) is 20.2. The molecule has 5 nitrogen and oxygen atoms in total. The number of hydrogen-bond donors (Lipinski definition) is 1. The van der Waals surface area contributed by atoms with Gasteiger partial charge in [-0.3, -0.25) is 4.79 Å². The maximum Gasteiger partial charge on any atom is 0.255 e. The Morgan fingerprint density at radius 3 is 2.38 bits per heavy atom. The zero-order valence-electron chi connectivity index (χ0n) is 14.8. The molecule has 0 fully saturated rings. The minimum Gasteiger partial charge on any atom is -0.497 e. The number of rotatable bonds is 9. The fourth-order valence-corrected chi connectivity index (χ4v) is 2.93. The van der Waals surface area contributed by atoms with E-state index in [0.29, 0.717) is 47.6 Å². The van der Waals surface area contributed by atoms with Crippen molar-refractivity contribution in [1.82, 2.24) is 0 Å². The number of nitrogens with one attached hydrogen (secondary N) is 1. The molecule has 1 N–H and O–H groups in total. The van der Waals surface area contributed by atoms with Gasteiger partial charge in [0.25, 0.3) is 5.91 Å². The van der Waals surface area contributed by atoms with Crippen LogP contribution >= 0.6 is 23.2 Å². The zero-order chi connectivity index (χ0) is 18.9. The SMILES string of the molecule is COc1ccc(OC)c(NC(=O)c2cccc(N(CCCl)CCCl)c2)c1. The normalized spacial score (nSPS) is 10.3. The van der Waals surface area contributed by atoms with E-state index in [2.05, 4.69) is 5.32 Å². The first-order valence-electron chi connectivity index (χ1n) is 8.13. The van der Waals surface area contributed by atoms with Crippen LogP contribution in [0.15, 0.2) is 42.5 Å². The monoisotopic (exact) mass is 396 g/mol. The predicted molar refractivity (Wildman–Crippen MR) is 108 cm³/mol. The lowest BCUT2D eigenvalue weighted by Crippen LogP contribution is -2.27. The largest absolute Gasteiger partial charge is 0.497 e. The van der Waals surface area contributed by atoms with E-state index in [-0.39, 0.29) is 5.91 Å². The van der Waals surface area contributed by atoms with Gasteiger partial charge in [0.2, 0.25) is 0 Å². The van der Waals surface area contributed by atoms with Crippen LogP contribution < -0.4 is 19.7 Å². The van der Waals surface area contributed by atoms with Crippen LogP contribution in [0.5, 0.6) is 11.5 Å². The van der Waals surface area contributed by atoms with Crippen molar-refractivity contribution in [3.8, 4) is 11.5 Å². The minimum atomic E-state index is -0.241. The Morgan fingerprint density at radius 1 is 1.04 bits per heavy atom. The fourth-order valence-electron chi connectivity index (χ4n) is 2.52. The highest BCUT2D eigenvalue weighted by molar-refractivity contribution is 6.18. The number of carbonyl (C=O) groups excluding carboxylic acids is 1. The average Bonchev–Trinajstić information content (AvgIpc) is 2.67. The molecule has 0 saturated heterocycles. The standard InChI is InChI=1S/C19H22Cl2N2O3/c1-25-16-6-7-18(26-2)17(13-16)22-19(24)14-4-3-5-15(12-14)23(10-8-20)11-9-21/h3-7,12-13H,8-11H2,1-2H3,(H,22,24). The van der Waals surface area contributed by atoms with E-state index < -0.39 is 0 Å². The van der Waals surface area contributed by atoms with Gasteiger partial charge in [-0.25, -0.2) is 0 Å². The van der Waals surface area contributed by atoms with E-state index in [1.54, 1.807) is 38.5 Å². The van der Waals surface area contributed by atoms with E-state index in [0.717, 1.165) is 5.69 Å². The van der Waals surface area contributed by atoms with Gasteiger partial charge in [0.1, 0.15) is 11.5 Å². The van der Waals surface area contributed by atoms with Crippen LogP contribution in [0.3, 0.4) is 0 Å². The lowest BCUT2D eigenvalue weighted by molar-refractivity contribution is 0.102. The number of methoxy groups -OCH3 is 2. The van der Waals surface area contributed by atoms with Crippen molar-refractivity contribution in [3.05, 3.63) is 48.0 Å². The molecule has 2 aromatic rings. The van der Waals surface area contributed by atoms with Gasteiger partial charge in [0, 0.05) is 42.2 Å². The molecular weight excluding hydrogens is 375 g/mol. The number of alkyl halides is 2. The predicted octanol–water partition coefficient (Wildman–Crippen LogP) is 4.24. The Balaban J connectivity index is 2.24. The first-order valence-corrected chi connectivity index (χ1v) is 9.20. The lowest BCUT2D eigenvalue weighted by Gasteiger charge is -2.23. The van der Waals surface area contributed by atoms with Gasteiger partial charge in [-0.05, 0) is 30.3 Å². The number of anilines is 2. The summed E-state index contributed by atoms with van der Waals surface area (Å²) in [6.07, 6.45) is 0. The molecule has 0 atom stereocenters. The van der Waals surface area contributed by atoms with Crippen LogP contribution in [0.1, 0.15) is 10.4 Å². The summed E-state index contributed by atoms with van der Waals surface area (Å²) in [4.78, 5) is 14.7. The number of ether oxygens (including phenoxy) is 2. The Morgan fingerprint density at radius 2 is 1.77 bits per heavy atom. The van der Waals surface area contributed by atoms with E-state index in [1.165, 1.54) is 0 Å². The van der Waals surface area contributed by atoms with Crippen molar-refractivity contribution in [2.45, 2.75) is 0 Å². The molecule has 0 bridgehead atoms. The smallest absolute Gasteiger partial charge is 0.255 e. The van der Waals surface area contributed by atoms with Crippen LogP contribution in [-0.2, 0) is 0 Å². The Hall–Kier alpha value is -2.11. The van der Waals surface area contributed by atoms with Crippen molar-refractivity contribution < 1.29 is 14.3 Å². The molecule has 0 saturated carbocycles. The van der Waals surface area contributed by atoms with Gasteiger partial charge in [-0.15, -0.1) is 23.2 Å². The summed E-state index contributed by atoms with van der Waals surface area (Å²) in [5.41, 5.74) is 1.97. The van der Waals surface area contributed by atoms with Gasteiger partial charge < -0.3 is 19.7 Å². The Bertz CT molecular complexity index is 734. The van der Waals surface area contributed by atoms with Crippen molar-refractivity contribution >= 4 is 40.5 Å². The topological polar surface area (TPSA) is 50.8 Å². The second kappa shape index (κ2) is 10.1. The molecule has 26 heavy (non-hydrogen) atoms.